The van der Waals surface area contributed by atoms with Crippen LogP contribution < -0.4 is 15.8 Å². The third-order valence-electron chi connectivity index (χ3n) is 2.77. The standard InChI is InChI=1S/C12H19ClN4O3S/c1-8-10(13)6-9(7-11(8)14)21(19,20)16-5-4-15-12(18)17(2)3/h6-7,16H,4-5,14H2,1-3H3,(H,15,18). The molecular formula is C12H19ClN4O3S. The van der Waals surface area contributed by atoms with E-state index < -0.39 is 10.0 Å². The molecule has 0 aliphatic heterocycles. The highest BCUT2D eigenvalue weighted by Crippen LogP contribution is 2.25. The van der Waals surface area contributed by atoms with Gasteiger partial charge >= 0.3 is 6.03 Å². The maximum absolute atomic E-state index is 12.1. The van der Waals surface area contributed by atoms with Gasteiger partial charge in [0.1, 0.15) is 0 Å². The SMILES string of the molecule is Cc1c(N)cc(S(=O)(=O)NCCNC(=O)N(C)C)cc1Cl. The van der Waals surface area contributed by atoms with Crippen molar-refractivity contribution in [2.24, 2.45) is 0 Å². The van der Waals surface area contributed by atoms with Crippen molar-refractivity contribution in [3.05, 3.63) is 22.7 Å². The molecule has 7 nitrogen and oxygen atoms in total. The lowest BCUT2D eigenvalue weighted by Crippen LogP contribution is -2.39. The summed E-state index contributed by atoms with van der Waals surface area (Å²) in [4.78, 5) is 12.6. The molecule has 0 bridgehead atoms. The number of carbonyl (C=O) groups excluding carboxylic acids is 1. The Morgan fingerprint density at radius 1 is 1.33 bits per heavy atom. The molecule has 21 heavy (non-hydrogen) atoms. The number of hydrogen-bond acceptors (Lipinski definition) is 4. The van der Waals surface area contributed by atoms with E-state index in [9.17, 15) is 13.2 Å². The van der Waals surface area contributed by atoms with Crippen molar-refractivity contribution in [3.63, 3.8) is 0 Å². The summed E-state index contributed by atoms with van der Waals surface area (Å²) in [5, 5.41) is 2.84. The van der Waals surface area contributed by atoms with Crippen LogP contribution in [0.2, 0.25) is 5.02 Å². The van der Waals surface area contributed by atoms with Crippen molar-refractivity contribution >= 4 is 33.3 Å². The van der Waals surface area contributed by atoms with E-state index in [0.29, 0.717) is 11.3 Å². The summed E-state index contributed by atoms with van der Waals surface area (Å²) in [6.07, 6.45) is 0. The number of anilines is 1. The zero-order valence-corrected chi connectivity index (χ0v) is 13.7. The van der Waals surface area contributed by atoms with Crippen LogP contribution >= 0.6 is 11.6 Å². The van der Waals surface area contributed by atoms with E-state index in [4.69, 9.17) is 17.3 Å². The van der Waals surface area contributed by atoms with E-state index >= 15 is 0 Å². The van der Waals surface area contributed by atoms with Crippen molar-refractivity contribution < 1.29 is 13.2 Å². The Morgan fingerprint density at radius 2 is 1.95 bits per heavy atom. The molecule has 2 amide bonds. The second-order valence-corrected chi connectivity index (χ2v) is 6.82. The maximum Gasteiger partial charge on any atom is 0.316 e. The maximum atomic E-state index is 12.1. The summed E-state index contributed by atoms with van der Waals surface area (Å²) in [7, 11) is -0.532. The number of hydrogen-bond donors (Lipinski definition) is 3. The van der Waals surface area contributed by atoms with Crippen LogP contribution in [0.3, 0.4) is 0 Å². The van der Waals surface area contributed by atoms with Gasteiger partial charge in [0.15, 0.2) is 0 Å². The fraction of sp³-hybridized carbons (Fsp3) is 0.417. The molecule has 118 valence electrons. The Morgan fingerprint density at radius 3 is 2.48 bits per heavy atom. The van der Waals surface area contributed by atoms with Crippen molar-refractivity contribution in [1.29, 1.82) is 0 Å². The Kier molecular flexibility index (Phi) is 5.82. The molecule has 0 spiro atoms. The highest BCUT2D eigenvalue weighted by molar-refractivity contribution is 7.89. The lowest BCUT2D eigenvalue weighted by atomic mass is 10.2. The van der Waals surface area contributed by atoms with Crippen LogP contribution in [0, 0.1) is 6.92 Å². The third kappa shape index (κ3) is 4.76. The van der Waals surface area contributed by atoms with Crippen LogP contribution in [0.5, 0.6) is 0 Å². The van der Waals surface area contributed by atoms with E-state index in [2.05, 4.69) is 10.0 Å². The van der Waals surface area contributed by atoms with Crippen LogP contribution in [0.4, 0.5) is 10.5 Å². The smallest absolute Gasteiger partial charge is 0.316 e. The number of halogens is 1. The monoisotopic (exact) mass is 334 g/mol. The predicted octanol–water partition coefficient (Wildman–Crippen LogP) is 0.780. The number of rotatable bonds is 5. The Hall–Kier alpha value is -1.51. The number of urea groups is 1. The van der Waals surface area contributed by atoms with Gasteiger partial charge in [0, 0.05) is 37.9 Å². The van der Waals surface area contributed by atoms with E-state index in [1.54, 1.807) is 21.0 Å². The van der Waals surface area contributed by atoms with E-state index in [1.165, 1.54) is 17.0 Å². The normalized spacial score (nSPS) is 11.2. The van der Waals surface area contributed by atoms with Gasteiger partial charge in [-0.3, -0.25) is 0 Å². The number of carbonyl (C=O) groups is 1. The van der Waals surface area contributed by atoms with Crippen LogP contribution in [-0.4, -0.2) is 46.5 Å². The zero-order valence-electron chi connectivity index (χ0n) is 12.1. The quantitative estimate of drug-likeness (QED) is 0.546. The van der Waals surface area contributed by atoms with Gasteiger partial charge in [0.05, 0.1) is 4.90 Å². The first kappa shape index (κ1) is 17.5. The number of nitrogens with one attached hydrogen (secondary N) is 2. The molecule has 0 aromatic heterocycles. The zero-order chi connectivity index (χ0) is 16.2. The minimum absolute atomic E-state index is 0.00506. The Balaban J connectivity index is 2.68. The van der Waals surface area contributed by atoms with Crippen molar-refractivity contribution in [2.45, 2.75) is 11.8 Å². The third-order valence-corrected chi connectivity index (χ3v) is 4.60. The van der Waals surface area contributed by atoms with Gasteiger partial charge in [-0.2, -0.15) is 0 Å². The molecule has 0 unspecified atom stereocenters. The molecule has 0 atom stereocenters. The molecule has 1 rings (SSSR count). The first-order chi connectivity index (χ1) is 9.65. The van der Waals surface area contributed by atoms with E-state index in [1.807, 2.05) is 0 Å². The molecule has 0 radical (unpaired) electrons. The number of sulfonamides is 1. The van der Waals surface area contributed by atoms with Crippen LogP contribution in [0.25, 0.3) is 0 Å². The molecule has 1 aromatic carbocycles. The van der Waals surface area contributed by atoms with Gasteiger partial charge in [0.2, 0.25) is 10.0 Å². The number of nitrogens with two attached hydrogens (primary N) is 1. The lowest BCUT2D eigenvalue weighted by molar-refractivity contribution is 0.217. The van der Waals surface area contributed by atoms with Gasteiger partial charge in [-0.05, 0) is 24.6 Å². The van der Waals surface area contributed by atoms with E-state index in [-0.39, 0.29) is 29.0 Å². The second-order valence-electron chi connectivity index (χ2n) is 4.64. The average Bonchev–Trinajstić information content (AvgIpc) is 2.39. The topological polar surface area (TPSA) is 105 Å². The van der Waals surface area contributed by atoms with Crippen molar-refractivity contribution in [1.82, 2.24) is 14.9 Å². The molecular weight excluding hydrogens is 316 g/mol. The number of nitrogen functional groups attached to an aromatic ring is 1. The molecule has 0 aliphatic carbocycles. The summed E-state index contributed by atoms with van der Waals surface area (Å²) in [5.74, 6) is 0. The largest absolute Gasteiger partial charge is 0.398 e. The molecule has 9 heteroatoms. The average molecular weight is 335 g/mol. The highest BCUT2D eigenvalue weighted by atomic mass is 35.5. The Labute approximate surface area is 129 Å². The minimum Gasteiger partial charge on any atom is -0.398 e. The summed E-state index contributed by atoms with van der Waals surface area (Å²) < 4.78 is 26.5. The van der Waals surface area contributed by atoms with Crippen LogP contribution in [0.15, 0.2) is 17.0 Å². The summed E-state index contributed by atoms with van der Waals surface area (Å²) in [6.45, 7) is 1.94. The summed E-state index contributed by atoms with van der Waals surface area (Å²) in [6, 6.07) is 2.40. The molecule has 0 saturated heterocycles. The van der Waals surface area contributed by atoms with Gasteiger partial charge in [-0.15, -0.1) is 0 Å². The predicted molar refractivity (Wildman–Crippen MR) is 82.9 cm³/mol. The number of benzene rings is 1. The number of amides is 2. The van der Waals surface area contributed by atoms with Gasteiger partial charge < -0.3 is 16.0 Å². The first-order valence-electron chi connectivity index (χ1n) is 6.15. The fourth-order valence-corrected chi connectivity index (χ4v) is 2.81. The van der Waals surface area contributed by atoms with Crippen molar-refractivity contribution in [3.8, 4) is 0 Å². The van der Waals surface area contributed by atoms with E-state index in [0.717, 1.165) is 0 Å². The second kappa shape index (κ2) is 6.97. The van der Waals surface area contributed by atoms with Gasteiger partial charge in [-0.1, -0.05) is 11.6 Å². The molecule has 0 saturated carbocycles. The molecule has 0 aliphatic rings. The molecule has 4 N–H and O–H groups in total. The Bertz CT molecular complexity index is 608. The highest BCUT2D eigenvalue weighted by Gasteiger charge is 2.16. The lowest BCUT2D eigenvalue weighted by Gasteiger charge is -2.13. The minimum atomic E-state index is -3.72. The number of nitrogens with zero attached hydrogens (tertiary/aromatic N) is 1. The van der Waals surface area contributed by atoms with Gasteiger partial charge in [0.25, 0.3) is 0 Å². The van der Waals surface area contributed by atoms with Crippen LogP contribution in [-0.2, 0) is 10.0 Å². The first-order valence-corrected chi connectivity index (χ1v) is 8.01. The fourth-order valence-electron chi connectivity index (χ4n) is 1.43. The van der Waals surface area contributed by atoms with Crippen molar-refractivity contribution in [2.75, 3.05) is 32.9 Å². The summed E-state index contributed by atoms with van der Waals surface area (Å²) >= 11 is 5.93. The molecule has 0 heterocycles. The molecule has 1 aromatic rings. The molecule has 0 fully saturated rings. The van der Waals surface area contributed by atoms with Gasteiger partial charge in [-0.25, -0.2) is 17.9 Å². The van der Waals surface area contributed by atoms with Crippen LogP contribution in [0.1, 0.15) is 5.56 Å². The summed E-state index contributed by atoms with van der Waals surface area (Å²) in [5.41, 5.74) is 6.65.